The van der Waals surface area contributed by atoms with Gasteiger partial charge in [-0.1, -0.05) is 51.7 Å². The zero-order valence-electron chi connectivity index (χ0n) is 29.5. The Hall–Kier alpha value is -4.38. The van der Waals surface area contributed by atoms with Crippen molar-refractivity contribution in [2.75, 3.05) is 0 Å². The molecule has 244 valence electrons. The molecule has 0 unspecified atom stereocenters. The number of benzene rings is 1. The normalized spacial score (nSPS) is 13.3. The van der Waals surface area contributed by atoms with Crippen LogP contribution in [0.1, 0.15) is 125 Å². The van der Waals surface area contributed by atoms with E-state index in [1.807, 2.05) is 12.1 Å². The average Bonchev–Trinajstić information content (AvgIpc) is 3.69. The first-order chi connectivity index (χ1) is 22.6. The van der Waals surface area contributed by atoms with Crippen molar-refractivity contribution in [2.24, 2.45) is 0 Å². The molecule has 3 N–H and O–H groups in total. The Morgan fingerprint density at radius 1 is 0.574 bits per heavy atom. The molecule has 0 fully saturated rings. The largest absolute Gasteiger partial charge is 0.508 e. The maximum absolute atomic E-state index is 10.6. The Balaban J connectivity index is 1.78. The highest BCUT2D eigenvalue weighted by Gasteiger charge is 2.25. The first kappa shape index (κ1) is 32.6. The number of fused-ring (bicyclic) bond motifs is 8. The highest BCUT2D eigenvalue weighted by atomic mass is 16.3. The van der Waals surface area contributed by atoms with E-state index in [1.54, 1.807) is 6.07 Å². The zero-order chi connectivity index (χ0) is 33.4. The van der Waals surface area contributed by atoms with Crippen LogP contribution in [0.4, 0.5) is 0 Å². The predicted octanol–water partition coefficient (Wildman–Crippen LogP) is 11.7. The van der Waals surface area contributed by atoms with Crippen LogP contribution in [0.25, 0.3) is 55.5 Å². The summed E-state index contributed by atoms with van der Waals surface area (Å²) in [5.74, 6) is 0.231. The Bertz CT molecular complexity index is 1960. The van der Waals surface area contributed by atoms with Gasteiger partial charge in [-0.15, -0.1) is 0 Å². The topological polar surface area (TPSA) is 77.6 Å². The van der Waals surface area contributed by atoms with Crippen LogP contribution in [0.15, 0.2) is 42.5 Å². The number of aryl methyl sites for hydroxylation is 4. The standard InChI is InChI=1S/C42H50N4O/c1-9-11-13-18-32-28(7)36-21-34-24(3)26(5)41(45-34)40(30-16-15-17-31(47)20-30)42-27(6)25(4)35(46-42)22-37-29(8)33(19-14-12-10-2)39(44-37)23-38(32)43-36/h15-17,20-23,43-44,47H,9-14,18-19H2,1-8H3. The molecule has 0 radical (unpaired) electrons. The van der Waals surface area contributed by atoms with Crippen molar-refractivity contribution in [2.45, 2.75) is 107 Å². The molecule has 0 saturated heterocycles. The Morgan fingerprint density at radius 2 is 1.06 bits per heavy atom. The maximum atomic E-state index is 10.6. The minimum absolute atomic E-state index is 0.231. The summed E-state index contributed by atoms with van der Waals surface area (Å²) in [5, 5.41) is 10.6. The minimum atomic E-state index is 0.231. The van der Waals surface area contributed by atoms with Gasteiger partial charge in [0.2, 0.25) is 0 Å². The third-order valence-corrected chi connectivity index (χ3v) is 10.5. The van der Waals surface area contributed by atoms with Gasteiger partial charge in [0.25, 0.3) is 0 Å². The summed E-state index contributed by atoms with van der Waals surface area (Å²) in [5.41, 5.74) is 20.2. The first-order valence-electron chi connectivity index (χ1n) is 17.5. The van der Waals surface area contributed by atoms with E-state index in [2.05, 4.69) is 89.6 Å². The fourth-order valence-electron chi connectivity index (χ4n) is 7.19. The highest BCUT2D eigenvalue weighted by molar-refractivity contribution is 6.01. The molecule has 0 saturated carbocycles. The van der Waals surface area contributed by atoms with Gasteiger partial charge in [0, 0.05) is 27.6 Å². The van der Waals surface area contributed by atoms with Crippen LogP contribution in [-0.4, -0.2) is 25.0 Å². The molecule has 0 amide bonds. The van der Waals surface area contributed by atoms with Gasteiger partial charge in [-0.2, -0.15) is 0 Å². The molecule has 0 spiro atoms. The van der Waals surface area contributed by atoms with E-state index in [-0.39, 0.29) is 5.75 Å². The predicted molar refractivity (Wildman–Crippen MR) is 200 cm³/mol. The second kappa shape index (κ2) is 13.4. The number of allylic oxidation sites excluding steroid dienone is 4. The number of aromatic amines is 2. The van der Waals surface area contributed by atoms with Gasteiger partial charge in [0.1, 0.15) is 5.75 Å². The van der Waals surface area contributed by atoms with Crippen molar-refractivity contribution in [3.8, 4) is 16.9 Å². The van der Waals surface area contributed by atoms with Crippen molar-refractivity contribution >= 4 is 44.4 Å². The highest BCUT2D eigenvalue weighted by Crippen LogP contribution is 2.42. The van der Waals surface area contributed by atoms with Crippen LogP contribution in [0.2, 0.25) is 0 Å². The number of unbranched alkanes of at least 4 members (excludes halogenated alkanes) is 4. The molecule has 0 aliphatic carbocycles. The monoisotopic (exact) mass is 626 g/mol. The molecular formula is C42H50N4O. The van der Waals surface area contributed by atoms with Gasteiger partial charge in [0.15, 0.2) is 0 Å². The second-order valence-corrected chi connectivity index (χ2v) is 13.6. The number of hydrogen-bond donors (Lipinski definition) is 3. The zero-order valence-corrected chi connectivity index (χ0v) is 29.5. The molecule has 3 aromatic heterocycles. The fraction of sp³-hybridized carbons (Fsp3) is 0.381. The molecule has 5 heterocycles. The Kier molecular flexibility index (Phi) is 9.27. The van der Waals surface area contributed by atoms with Crippen molar-refractivity contribution in [3.05, 3.63) is 87.5 Å². The summed E-state index contributed by atoms with van der Waals surface area (Å²) in [6, 6.07) is 14.3. The molecule has 2 aliphatic heterocycles. The number of nitrogens with one attached hydrogen (secondary N) is 2. The molecular weight excluding hydrogens is 576 g/mol. The average molecular weight is 627 g/mol. The summed E-state index contributed by atoms with van der Waals surface area (Å²) >= 11 is 0. The van der Waals surface area contributed by atoms with Gasteiger partial charge in [-0.25, -0.2) is 9.97 Å². The smallest absolute Gasteiger partial charge is 0.116 e. The number of phenolic OH excluding ortho intramolecular Hbond substituents is 1. The third kappa shape index (κ3) is 6.08. The van der Waals surface area contributed by atoms with Crippen LogP contribution >= 0.6 is 0 Å². The van der Waals surface area contributed by atoms with E-state index in [1.165, 1.54) is 71.8 Å². The number of phenols is 1. The van der Waals surface area contributed by atoms with Gasteiger partial charge < -0.3 is 15.1 Å². The lowest BCUT2D eigenvalue weighted by atomic mass is 9.94. The van der Waals surface area contributed by atoms with Crippen molar-refractivity contribution < 1.29 is 5.11 Å². The molecule has 0 atom stereocenters. The van der Waals surface area contributed by atoms with Crippen LogP contribution in [0.5, 0.6) is 5.75 Å². The van der Waals surface area contributed by atoms with E-state index in [4.69, 9.17) is 9.97 Å². The number of hydrogen-bond acceptors (Lipinski definition) is 3. The molecule has 5 nitrogen and oxygen atoms in total. The minimum Gasteiger partial charge on any atom is -0.508 e. The van der Waals surface area contributed by atoms with Gasteiger partial charge in [-0.05, 0) is 148 Å². The quantitative estimate of drug-likeness (QED) is 0.162. The Labute approximate surface area is 279 Å². The fourth-order valence-corrected chi connectivity index (χ4v) is 7.19. The van der Waals surface area contributed by atoms with Crippen LogP contribution in [-0.2, 0) is 12.8 Å². The molecule has 8 bridgehead atoms. The summed E-state index contributed by atoms with van der Waals surface area (Å²) < 4.78 is 0. The number of aromatic nitrogens is 4. The van der Waals surface area contributed by atoms with Crippen LogP contribution < -0.4 is 0 Å². The number of H-pyrrole nitrogens is 2. The summed E-state index contributed by atoms with van der Waals surface area (Å²) in [6.07, 6.45) is 9.28. The van der Waals surface area contributed by atoms with Crippen LogP contribution in [0, 0.1) is 13.8 Å². The molecule has 5 heteroatoms. The second-order valence-electron chi connectivity index (χ2n) is 13.6. The van der Waals surface area contributed by atoms with Crippen LogP contribution in [0.3, 0.4) is 0 Å². The molecule has 1 aromatic carbocycles. The molecule has 4 aromatic rings. The molecule has 2 aliphatic rings. The molecule has 6 rings (SSSR count). The van der Waals surface area contributed by atoms with E-state index in [0.29, 0.717) is 0 Å². The van der Waals surface area contributed by atoms with Crippen molar-refractivity contribution in [1.82, 2.24) is 19.9 Å². The lowest BCUT2D eigenvalue weighted by molar-refractivity contribution is 0.475. The Morgan fingerprint density at radius 3 is 1.51 bits per heavy atom. The van der Waals surface area contributed by atoms with Gasteiger partial charge in [0.05, 0.1) is 22.8 Å². The van der Waals surface area contributed by atoms with E-state index in [0.717, 1.165) is 80.1 Å². The van der Waals surface area contributed by atoms with Gasteiger partial charge >= 0.3 is 0 Å². The summed E-state index contributed by atoms with van der Waals surface area (Å²) in [7, 11) is 0. The van der Waals surface area contributed by atoms with E-state index >= 15 is 0 Å². The van der Waals surface area contributed by atoms with E-state index < -0.39 is 0 Å². The third-order valence-electron chi connectivity index (χ3n) is 10.5. The number of aromatic hydroxyl groups is 1. The maximum Gasteiger partial charge on any atom is 0.116 e. The summed E-state index contributed by atoms with van der Waals surface area (Å²) in [4.78, 5) is 18.4. The number of nitrogens with zero attached hydrogens (tertiary/aromatic N) is 2. The first-order valence-corrected chi connectivity index (χ1v) is 17.5. The van der Waals surface area contributed by atoms with E-state index in [9.17, 15) is 5.11 Å². The SMILES string of the molecule is CCCCCc1c(C)c2cc3nc(c(-c4cccc(O)c4)c4nc(cc5[nH]c(cc1[nH]2)c(CCCCC)c5C)C(C)=C4C)C(C)=C3C. The lowest BCUT2D eigenvalue weighted by Gasteiger charge is -2.10. The molecule has 47 heavy (non-hydrogen) atoms. The van der Waals surface area contributed by atoms with Crippen molar-refractivity contribution in [1.29, 1.82) is 0 Å². The van der Waals surface area contributed by atoms with Gasteiger partial charge in [-0.3, -0.25) is 0 Å². The summed E-state index contributed by atoms with van der Waals surface area (Å²) in [6.45, 7) is 17.7. The number of rotatable bonds is 9. The lowest BCUT2D eigenvalue weighted by Crippen LogP contribution is -1.93. The van der Waals surface area contributed by atoms with Crippen molar-refractivity contribution in [3.63, 3.8) is 0 Å².